The molecule has 4 nitrogen and oxygen atoms in total. The molecule has 1 N–H and O–H groups in total. The topological polar surface area (TPSA) is 45.2 Å². The number of amides is 1. The summed E-state index contributed by atoms with van der Waals surface area (Å²) in [6.07, 6.45) is 4.05. The van der Waals surface area contributed by atoms with Crippen LogP contribution in [0.3, 0.4) is 0 Å². The van der Waals surface area contributed by atoms with Gasteiger partial charge in [-0.1, -0.05) is 23.7 Å². The largest absolute Gasteiger partial charge is 0.356 e. The summed E-state index contributed by atoms with van der Waals surface area (Å²) in [5, 5.41) is 3.74. The number of aromatic nitrogens is 1. The van der Waals surface area contributed by atoms with Gasteiger partial charge < -0.3 is 10.2 Å². The molecule has 2 heterocycles. The van der Waals surface area contributed by atoms with Crippen LogP contribution in [0.2, 0.25) is 5.02 Å². The maximum absolute atomic E-state index is 12.7. The molecule has 1 aliphatic rings. The van der Waals surface area contributed by atoms with E-state index >= 15 is 0 Å². The molecule has 2 aromatic rings. The van der Waals surface area contributed by atoms with E-state index in [9.17, 15) is 4.79 Å². The van der Waals surface area contributed by atoms with Gasteiger partial charge in [0.05, 0.1) is 11.6 Å². The van der Waals surface area contributed by atoms with Gasteiger partial charge in [0.15, 0.2) is 0 Å². The van der Waals surface area contributed by atoms with E-state index in [1.54, 1.807) is 12.3 Å². The Kier molecular flexibility index (Phi) is 4.82. The van der Waals surface area contributed by atoms with Crippen LogP contribution in [0.25, 0.3) is 0 Å². The van der Waals surface area contributed by atoms with Crippen molar-refractivity contribution in [2.45, 2.75) is 25.8 Å². The van der Waals surface area contributed by atoms with E-state index in [0.717, 1.165) is 37.3 Å². The minimum absolute atomic E-state index is 0.0913. The lowest BCUT2D eigenvalue weighted by Crippen LogP contribution is -2.30. The summed E-state index contributed by atoms with van der Waals surface area (Å²) in [7, 11) is 0. The number of rotatable bonds is 4. The number of hydrogen-bond donors (Lipinski definition) is 1. The molecule has 0 saturated carbocycles. The minimum atomic E-state index is -0.0950. The van der Waals surface area contributed by atoms with Crippen molar-refractivity contribution < 1.29 is 4.79 Å². The Morgan fingerprint density at radius 2 is 1.91 bits per heavy atom. The molecule has 1 aromatic heterocycles. The molecule has 1 aromatic carbocycles. The molecule has 1 unspecified atom stereocenters. The lowest BCUT2D eigenvalue weighted by atomic mass is 10.1. The Labute approximate surface area is 141 Å². The van der Waals surface area contributed by atoms with Crippen LogP contribution in [0.1, 0.15) is 41.7 Å². The maximum Gasteiger partial charge on any atom is 0.255 e. The first-order chi connectivity index (χ1) is 11.1. The summed E-state index contributed by atoms with van der Waals surface area (Å²) >= 11 is 5.91. The van der Waals surface area contributed by atoms with Gasteiger partial charge in [-0.3, -0.25) is 4.79 Å². The van der Waals surface area contributed by atoms with Crippen LogP contribution in [-0.4, -0.2) is 24.0 Å². The van der Waals surface area contributed by atoms with Gasteiger partial charge in [-0.05, 0) is 49.6 Å². The maximum atomic E-state index is 12.7. The Morgan fingerprint density at radius 3 is 2.61 bits per heavy atom. The van der Waals surface area contributed by atoms with E-state index in [4.69, 9.17) is 11.6 Å². The van der Waals surface area contributed by atoms with Crippen LogP contribution >= 0.6 is 11.6 Å². The summed E-state index contributed by atoms with van der Waals surface area (Å²) in [6, 6.07) is 11.1. The van der Waals surface area contributed by atoms with Crippen LogP contribution in [-0.2, 0) is 0 Å². The second-order valence-corrected chi connectivity index (χ2v) is 6.25. The fourth-order valence-electron chi connectivity index (χ4n) is 2.86. The first kappa shape index (κ1) is 15.8. The number of hydrogen-bond acceptors (Lipinski definition) is 3. The van der Waals surface area contributed by atoms with Crippen LogP contribution in [0.15, 0.2) is 42.6 Å². The number of anilines is 1. The summed E-state index contributed by atoms with van der Waals surface area (Å²) in [5.74, 6) is 0.688. The number of benzene rings is 1. The summed E-state index contributed by atoms with van der Waals surface area (Å²) < 4.78 is 0. The van der Waals surface area contributed by atoms with Gasteiger partial charge in [0.1, 0.15) is 5.82 Å². The number of nitrogens with zero attached hydrogens (tertiary/aromatic N) is 2. The van der Waals surface area contributed by atoms with Gasteiger partial charge in [-0.15, -0.1) is 0 Å². The number of carbonyl (C=O) groups is 1. The SMILES string of the molecule is CC(NC(=O)c1cccnc1N1CCCC1)c1ccc(Cl)cc1. The summed E-state index contributed by atoms with van der Waals surface area (Å²) in [5.41, 5.74) is 1.66. The number of carbonyl (C=O) groups excluding carboxylic acids is 1. The fourth-order valence-corrected chi connectivity index (χ4v) is 2.99. The predicted molar refractivity (Wildman–Crippen MR) is 93.0 cm³/mol. The minimum Gasteiger partial charge on any atom is -0.356 e. The molecule has 0 aliphatic carbocycles. The molecule has 1 aliphatic heterocycles. The van der Waals surface area contributed by atoms with E-state index in [1.165, 1.54) is 0 Å². The fraction of sp³-hybridized carbons (Fsp3) is 0.333. The normalized spacial score (nSPS) is 15.5. The molecule has 120 valence electrons. The number of nitrogens with one attached hydrogen (secondary N) is 1. The Morgan fingerprint density at radius 1 is 1.22 bits per heavy atom. The zero-order valence-corrected chi connectivity index (χ0v) is 13.9. The molecular formula is C18H20ClN3O. The first-order valence-corrected chi connectivity index (χ1v) is 8.29. The van der Waals surface area contributed by atoms with Crippen molar-refractivity contribution in [1.82, 2.24) is 10.3 Å². The van der Waals surface area contributed by atoms with Gasteiger partial charge in [-0.25, -0.2) is 4.98 Å². The molecule has 3 rings (SSSR count). The van der Waals surface area contributed by atoms with Crippen molar-refractivity contribution in [3.8, 4) is 0 Å². The quantitative estimate of drug-likeness (QED) is 0.927. The van der Waals surface area contributed by atoms with Crippen molar-refractivity contribution in [3.63, 3.8) is 0 Å². The monoisotopic (exact) mass is 329 g/mol. The van der Waals surface area contributed by atoms with E-state index in [2.05, 4.69) is 15.2 Å². The third-order valence-corrected chi connectivity index (χ3v) is 4.41. The Hall–Kier alpha value is -2.07. The third-order valence-electron chi connectivity index (χ3n) is 4.15. The second-order valence-electron chi connectivity index (χ2n) is 5.82. The van der Waals surface area contributed by atoms with Crippen molar-refractivity contribution in [3.05, 3.63) is 58.7 Å². The summed E-state index contributed by atoms with van der Waals surface area (Å²) in [4.78, 5) is 19.3. The van der Waals surface area contributed by atoms with Crippen molar-refractivity contribution in [2.24, 2.45) is 0 Å². The zero-order valence-electron chi connectivity index (χ0n) is 13.1. The van der Waals surface area contributed by atoms with Gasteiger partial charge >= 0.3 is 0 Å². The second kappa shape index (κ2) is 7.01. The third kappa shape index (κ3) is 3.64. The van der Waals surface area contributed by atoms with Crippen LogP contribution < -0.4 is 10.2 Å². The van der Waals surface area contributed by atoms with E-state index in [1.807, 2.05) is 37.3 Å². The Balaban J connectivity index is 1.76. The van der Waals surface area contributed by atoms with Crippen molar-refractivity contribution in [1.29, 1.82) is 0 Å². The molecule has 23 heavy (non-hydrogen) atoms. The summed E-state index contributed by atoms with van der Waals surface area (Å²) in [6.45, 7) is 3.89. The van der Waals surface area contributed by atoms with Crippen LogP contribution in [0.4, 0.5) is 5.82 Å². The van der Waals surface area contributed by atoms with Crippen LogP contribution in [0.5, 0.6) is 0 Å². The molecule has 0 bridgehead atoms. The highest BCUT2D eigenvalue weighted by Crippen LogP contribution is 2.23. The smallest absolute Gasteiger partial charge is 0.255 e. The Bertz CT molecular complexity index is 681. The van der Waals surface area contributed by atoms with Crippen molar-refractivity contribution in [2.75, 3.05) is 18.0 Å². The standard InChI is InChI=1S/C18H20ClN3O/c1-13(14-6-8-15(19)9-7-14)21-18(23)16-5-4-10-20-17(16)22-11-2-3-12-22/h4-10,13H,2-3,11-12H2,1H3,(H,21,23). The average Bonchev–Trinajstić information content (AvgIpc) is 3.09. The molecule has 1 saturated heterocycles. The van der Waals surface area contributed by atoms with Gasteiger partial charge in [0.2, 0.25) is 0 Å². The molecule has 1 fully saturated rings. The highest BCUT2D eigenvalue weighted by Gasteiger charge is 2.21. The highest BCUT2D eigenvalue weighted by atomic mass is 35.5. The number of pyridine rings is 1. The molecular weight excluding hydrogens is 310 g/mol. The van der Waals surface area contributed by atoms with Gasteiger partial charge in [-0.2, -0.15) is 0 Å². The zero-order chi connectivity index (χ0) is 16.2. The molecule has 1 atom stereocenters. The number of halogens is 1. The predicted octanol–water partition coefficient (Wildman–Crippen LogP) is 3.83. The lowest BCUT2D eigenvalue weighted by Gasteiger charge is -2.21. The van der Waals surface area contributed by atoms with Gasteiger partial charge in [0.25, 0.3) is 5.91 Å². The molecule has 0 radical (unpaired) electrons. The van der Waals surface area contributed by atoms with E-state index < -0.39 is 0 Å². The molecule has 0 spiro atoms. The molecule has 1 amide bonds. The van der Waals surface area contributed by atoms with E-state index in [-0.39, 0.29) is 11.9 Å². The van der Waals surface area contributed by atoms with Crippen LogP contribution in [0, 0.1) is 0 Å². The average molecular weight is 330 g/mol. The van der Waals surface area contributed by atoms with Gasteiger partial charge in [0, 0.05) is 24.3 Å². The first-order valence-electron chi connectivity index (χ1n) is 7.91. The lowest BCUT2D eigenvalue weighted by molar-refractivity contribution is 0.0940. The highest BCUT2D eigenvalue weighted by molar-refractivity contribution is 6.30. The molecule has 5 heteroatoms. The van der Waals surface area contributed by atoms with Crippen molar-refractivity contribution >= 4 is 23.3 Å². The van der Waals surface area contributed by atoms with E-state index in [0.29, 0.717) is 10.6 Å².